The first-order chi connectivity index (χ1) is 19.9. The summed E-state index contributed by atoms with van der Waals surface area (Å²) >= 11 is 0. The highest BCUT2D eigenvalue weighted by Crippen LogP contribution is 2.26. The van der Waals surface area contributed by atoms with E-state index in [-0.39, 0.29) is 0 Å². The number of likely N-dealkylation sites (tertiary alicyclic amines) is 1. The predicted molar refractivity (Wildman–Crippen MR) is 156 cm³/mol. The number of carboxylic acids is 1. The molecule has 1 saturated heterocycles. The number of nitrogens with one attached hydrogen (secondary N) is 2. The zero-order chi connectivity index (χ0) is 30.3. The maximum atomic E-state index is 12.8. The van der Waals surface area contributed by atoms with Gasteiger partial charge >= 0.3 is 12.1 Å². The largest absolute Gasteiger partial charge is 0.490 e. The van der Waals surface area contributed by atoms with E-state index in [1.165, 1.54) is 29.5 Å². The van der Waals surface area contributed by atoms with Crippen LogP contribution in [0.15, 0.2) is 71.6 Å². The minimum absolute atomic E-state index is 0.362. The highest BCUT2D eigenvalue weighted by molar-refractivity contribution is 7.89. The number of fused-ring (bicyclic) bond motifs is 1. The second kappa shape index (κ2) is 13.8. The molecule has 0 spiro atoms. The van der Waals surface area contributed by atoms with E-state index in [1.54, 1.807) is 6.07 Å². The van der Waals surface area contributed by atoms with Crippen LogP contribution in [0.25, 0.3) is 11.1 Å². The number of carboxylic acid groups (broad SMARTS) is 1. The van der Waals surface area contributed by atoms with Gasteiger partial charge < -0.3 is 15.3 Å². The highest BCUT2D eigenvalue weighted by Gasteiger charge is 2.38. The van der Waals surface area contributed by atoms with E-state index < -0.39 is 22.2 Å². The molecular weight excluding hydrogens is 567 g/mol. The van der Waals surface area contributed by atoms with Crippen LogP contribution in [0.4, 0.5) is 13.2 Å². The van der Waals surface area contributed by atoms with E-state index in [0.29, 0.717) is 17.5 Å². The lowest BCUT2D eigenvalue weighted by molar-refractivity contribution is -0.192. The first-order valence-electron chi connectivity index (χ1n) is 13.9. The Morgan fingerprint density at radius 1 is 0.952 bits per heavy atom. The summed E-state index contributed by atoms with van der Waals surface area (Å²) in [5.41, 5.74) is 7.07. The fraction of sp³-hybridized carbons (Fsp3) is 0.387. The molecule has 0 radical (unpaired) electrons. The molecule has 0 aromatic heterocycles. The summed E-state index contributed by atoms with van der Waals surface area (Å²) < 4.78 is 60.2. The molecule has 3 aromatic rings. The van der Waals surface area contributed by atoms with Crippen molar-refractivity contribution in [1.29, 1.82) is 0 Å². The summed E-state index contributed by atoms with van der Waals surface area (Å²) in [6.07, 6.45) is -0.480. The Balaban J connectivity index is 0.000000517. The smallest absolute Gasteiger partial charge is 0.475 e. The topological polar surface area (TPSA) is 98.7 Å². The van der Waals surface area contributed by atoms with Crippen LogP contribution in [0.2, 0.25) is 0 Å². The summed E-state index contributed by atoms with van der Waals surface area (Å²) in [4.78, 5) is 11.6. The third-order valence-electron chi connectivity index (χ3n) is 7.56. The normalized spacial score (nSPS) is 15.7. The first-order valence-corrected chi connectivity index (χ1v) is 15.4. The van der Waals surface area contributed by atoms with Crippen molar-refractivity contribution in [3.63, 3.8) is 0 Å². The second-order valence-electron chi connectivity index (χ2n) is 10.7. The van der Waals surface area contributed by atoms with Crippen molar-refractivity contribution in [3.05, 3.63) is 89.0 Å². The molecule has 0 saturated carbocycles. The number of aliphatic carboxylic acids is 1. The molecular formula is C31H36F3N3O4S. The molecule has 0 unspecified atom stereocenters. The number of hydrogen-bond donors (Lipinski definition) is 3. The van der Waals surface area contributed by atoms with Crippen LogP contribution in [0.3, 0.4) is 0 Å². The first kappa shape index (κ1) is 31.7. The number of carbonyl (C=O) groups is 1. The quantitative estimate of drug-likeness (QED) is 0.321. The van der Waals surface area contributed by atoms with Gasteiger partial charge in [-0.3, -0.25) is 0 Å². The van der Waals surface area contributed by atoms with E-state index in [1.807, 2.05) is 19.1 Å². The van der Waals surface area contributed by atoms with E-state index in [4.69, 9.17) is 9.90 Å². The van der Waals surface area contributed by atoms with Gasteiger partial charge in [0.1, 0.15) is 0 Å². The van der Waals surface area contributed by atoms with Gasteiger partial charge in [-0.25, -0.2) is 17.9 Å². The molecule has 226 valence electrons. The Kier molecular flexibility index (Phi) is 10.4. The van der Waals surface area contributed by atoms with Crippen LogP contribution in [-0.4, -0.2) is 62.8 Å². The number of nitrogens with zero attached hydrogens (tertiary/aromatic N) is 1. The molecule has 0 bridgehead atoms. The molecule has 0 amide bonds. The third-order valence-corrected chi connectivity index (χ3v) is 9.18. The highest BCUT2D eigenvalue weighted by atomic mass is 32.2. The molecule has 2 aliphatic rings. The molecule has 1 heterocycles. The minimum Gasteiger partial charge on any atom is -0.475 e. The number of benzene rings is 3. The maximum absolute atomic E-state index is 12.8. The fourth-order valence-corrected chi connectivity index (χ4v) is 6.58. The van der Waals surface area contributed by atoms with E-state index in [2.05, 4.69) is 63.5 Å². The van der Waals surface area contributed by atoms with Gasteiger partial charge in [-0.1, -0.05) is 60.7 Å². The Labute approximate surface area is 244 Å². The van der Waals surface area contributed by atoms with Crippen molar-refractivity contribution in [2.24, 2.45) is 0 Å². The molecule has 3 N–H and O–H groups in total. The van der Waals surface area contributed by atoms with Crippen molar-refractivity contribution < 1.29 is 31.5 Å². The number of halogens is 3. The molecule has 0 atom stereocenters. The molecule has 7 nitrogen and oxygen atoms in total. The second-order valence-corrected chi connectivity index (χ2v) is 12.4. The number of aryl methyl sites for hydroxylation is 1. The van der Waals surface area contributed by atoms with Gasteiger partial charge in [0.05, 0.1) is 4.90 Å². The molecule has 1 fully saturated rings. The molecule has 11 heteroatoms. The van der Waals surface area contributed by atoms with Crippen LogP contribution in [0.1, 0.15) is 35.1 Å². The summed E-state index contributed by atoms with van der Waals surface area (Å²) in [6, 6.07) is 23.4. The van der Waals surface area contributed by atoms with Gasteiger partial charge in [-0.2, -0.15) is 13.2 Å². The van der Waals surface area contributed by atoms with Crippen LogP contribution >= 0.6 is 0 Å². The van der Waals surface area contributed by atoms with Gasteiger partial charge in [0.25, 0.3) is 0 Å². The Morgan fingerprint density at radius 2 is 1.52 bits per heavy atom. The average molecular weight is 604 g/mol. The number of sulfonamides is 1. The van der Waals surface area contributed by atoms with Crippen molar-refractivity contribution >= 4 is 16.0 Å². The average Bonchev–Trinajstić information content (AvgIpc) is 3.61. The molecule has 1 aliphatic carbocycles. The zero-order valence-electron chi connectivity index (χ0n) is 23.5. The van der Waals surface area contributed by atoms with E-state index >= 15 is 0 Å². The van der Waals surface area contributed by atoms with E-state index in [9.17, 15) is 21.6 Å². The standard InChI is InChI=1S/C29H35N3O2S.C2HF3O2/c1-22-18-27(12-13-29(22)35(33,34)31-14-17-32-15-4-5-16-32)24-10-8-23(9-11-24)21-30-28-19-25-6-2-3-7-26(25)20-28;3-2(4,5)1(6)7/h2-3,6-13,18,28,30-31H,4-5,14-17,19-21H2,1H3;(H,6,7). The van der Waals surface area contributed by atoms with Crippen LogP contribution < -0.4 is 10.0 Å². The number of hydrogen-bond acceptors (Lipinski definition) is 5. The van der Waals surface area contributed by atoms with Gasteiger partial charge in [0.15, 0.2) is 0 Å². The van der Waals surface area contributed by atoms with Crippen LogP contribution in [-0.2, 0) is 34.2 Å². The summed E-state index contributed by atoms with van der Waals surface area (Å²) in [6.45, 7) is 6.07. The van der Waals surface area contributed by atoms with Gasteiger partial charge in [0.2, 0.25) is 10.0 Å². The predicted octanol–water partition coefficient (Wildman–Crippen LogP) is 4.93. The van der Waals surface area contributed by atoms with Gasteiger partial charge in [-0.15, -0.1) is 0 Å². The van der Waals surface area contributed by atoms with Crippen molar-refractivity contribution in [2.75, 3.05) is 26.2 Å². The van der Waals surface area contributed by atoms with Gasteiger partial charge in [-0.05, 0) is 85.1 Å². The molecule has 3 aromatic carbocycles. The molecule has 5 rings (SSSR count). The lowest BCUT2D eigenvalue weighted by atomic mass is 10.0. The maximum Gasteiger partial charge on any atom is 0.490 e. The lowest BCUT2D eigenvalue weighted by Crippen LogP contribution is -2.33. The monoisotopic (exact) mass is 603 g/mol. The fourth-order valence-electron chi connectivity index (χ4n) is 5.33. The third kappa shape index (κ3) is 8.64. The zero-order valence-corrected chi connectivity index (χ0v) is 24.3. The summed E-state index contributed by atoms with van der Waals surface area (Å²) in [5, 5.41) is 10.8. The minimum atomic E-state index is -5.08. The van der Waals surface area contributed by atoms with Gasteiger partial charge in [0, 0.05) is 25.7 Å². The lowest BCUT2D eigenvalue weighted by Gasteiger charge is -2.16. The summed E-state index contributed by atoms with van der Waals surface area (Å²) in [7, 11) is -3.51. The number of rotatable bonds is 9. The van der Waals surface area contributed by atoms with Crippen molar-refractivity contribution in [3.8, 4) is 11.1 Å². The van der Waals surface area contributed by atoms with Crippen molar-refractivity contribution in [1.82, 2.24) is 14.9 Å². The molecule has 42 heavy (non-hydrogen) atoms. The van der Waals surface area contributed by atoms with Crippen LogP contribution in [0, 0.1) is 6.92 Å². The Hall–Kier alpha value is -3.25. The molecule has 1 aliphatic heterocycles. The van der Waals surface area contributed by atoms with Crippen molar-refractivity contribution in [2.45, 2.75) is 56.3 Å². The SMILES string of the molecule is Cc1cc(-c2ccc(CNC3Cc4ccccc4C3)cc2)ccc1S(=O)(=O)NCCN1CCCC1.O=C(O)C(F)(F)F. The van der Waals surface area contributed by atoms with E-state index in [0.717, 1.165) is 55.7 Å². The Bertz CT molecular complexity index is 1450. The Morgan fingerprint density at radius 3 is 2.07 bits per heavy atom. The number of alkyl halides is 3. The van der Waals surface area contributed by atoms with Crippen LogP contribution in [0.5, 0.6) is 0 Å². The summed E-state index contributed by atoms with van der Waals surface area (Å²) in [5.74, 6) is -2.76.